The third-order valence-electron chi connectivity index (χ3n) is 10.3. The van der Waals surface area contributed by atoms with E-state index in [9.17, 15) is 0 Å². The third-order valence-corrected chi connectivity index (χ3v) is 10.3. The Bertz CT molecular complexity index is 591. The van der Waals surface area contributed by atoms with Crippen LogP contribution in [0.15, 0.2) is 11.6 Å². The molecule has 5 unspecified atom stereocenters. The summed E-state index contributed by atoms with van der Waals surface area (Å²) in [7, 11) is 0. The van der Waals surface area contributed by atoms with E-state index in [4.69, 9.17) is 5.73 Å². The van der Waals surface area contributed by atoms with Crippen LogP contribution in [-0.4, -0.2) is 6.04 Å². The molecule has 0 aromatic heterocycles. The quantitative estimate of drug-likeness (QED) is 0.492. The minimum atomic E-state index is 0.423. The van der Waals surface area contributed by atoms with E-state index in [0.29, 0.717) is 16.9 Å². The molecule has 0 aliphatic heterocycles. The lowest BCUT2D eigenvalue weighted by Gasteiger charge is -2.58. The van der Waals surface area contributed by atoms with Crippen molar-refractivity contribution in [3.63, 3.8) is 0 Å². The molecule has 0 saturated heterocycles. The minimum Gasteiger partial charge on any atom is -0.327 e. The van der Waals surface area contributed by atoms with Crippen LogP contribution < -0.4 is 5.73 Å². The van der Waals surface area contributed by atoms with E-state index in [1.807, 2.05) is 0 Å². The predicted molar refractivity (Wildman–Crippen MR) is 121 cm³/mol. The van der Waals surface area contributed by atoms with Crippen molar-refractivity contribution in [2.24, 2.45) is 52.1 Å². The molecule has 8 atom stereocenters. The van der Waals surface area contributed by atoms with Crippen LogP contribution in [0.25, 0.3) is 0 Å². The monoisotopic (exact) mass is 385 g/mol. The third kappa shape index (κ3) is 3.42. The summed E-state index contributed by atoms with van der Waals surface area (Å²) >= 11 is 0. The molecular formula is C27H47N. The number of fused-ring (bicyclic) bond motifs is 5. The van der Waals surface area contributed by atoms with E-state index in [2.05, 4.69) is 40.7 Å². The molecule has 0 heterocycles. The lowest BCUT2D eigenvalue weighted by molar-refractivity contribution is -0.0508. The zero-order valence-corrected chi connectivity index (χ0v) is 19.5. The highest BCUT2D eigenvalue weighted by Crippen LogP contribution is 2.67. The van der Waals surface area contributed by atoms with Gasteiger partial charge in [-0.05, 0) is 97.7 Å². The van der Waals surface area contributed by atoms with Gasteiger partial charge >= 0.3 is 0 Å². The Morgan fingerprint density at radius 3 is 2.54 bits per heavy atom. The first-order valence-electron chi connectivity index (χ1n) is 12.7. The zero-order chi connectivity index (χ0) is 20.1. The standard InChI is InChI=1S/C27H47N/c1-18(2)7-6-8-19(3)23-11-12-24-22-10-9-20-17-21(28)13-15-26(20,4)25(22)14-16-27(23,24)5/h9,18-19,21-25H,6-8,10-17,28H2,1-5H3/t19-,21+,22+,23?,24?,25?,26?,27?/m1/s1. The Kier molecular flexibility index (Phi) is 5.80. The lowest BCUT2D eigenvalue weighted by atomic mass is 9.47. The van der Waals surface area contributed by atoms with Gasteiger partial charge in [-0.25, -0.2) is 0 Å². The van der Waals surface area contributed by atoms with E-state index in [1.54, 1.807) is 5.57 Å². The van der Waals surface area contributed by atoms with Gasteiger partial charge in [0.2, 0.25) is 0 Å². The Labute approximate surface area is 175 Å². The molecule has 0 aromatic rings. The maximum atomic E-state index is 6.34. The first kappa shape index (κ1) is 21.0. The van der Waals surface area contributed by atoms with Gasteiger partial charge in [-0.3, -0.25) is 0 Å². The van der Waals surface area contributed by atoms with Gasteiger partial charge in [-0.15, -0.1) is 0 Å². The van der Waals surface area contributed by atoms with Crippen LogP contribution in [0.4, 0.5) is 0 Å². The Balaban J connectivity index is 1.49. The van der Waals surface area contributed by atoms with Gasteiger partial charge in [0.1, 0.15) is 0 Å². The summed E-state index contributed by atoms with van der Waals surface area (Å²) in [5.74, 6) is 5.63. The second-order valence-electron chi connectivity index (χ2n) is 12.3. The van der Waals surface area contributed by atoms with Crippen LogP contribution in [0.1, 0.15) is 105 Å². The van der Waals surface area contributed by atoms with Crippen LogP contribution in [0.5, 0.6) is 0 Å². The highest BCUT2D eigenvalue weighted by Gasteiger charge is 2.58. The second kappa shape index (κ2) is 7.75. The summed E-state index contributed by atoms with van der Waals surface area (Å²) in [6.45, 7) is 12.7. The Morgan fingerprint density at radius 1 is 1.00 bits per heavy atom. The second-order valence-corrected chi connectivity index (χ2v) is 12.3. The zero-order valence-electron chi connectivity index (χ0n) is 19.5. The fourth-order valence-corrected chi connectivity index (χ4v) is 8.71. The molecule has 2 N–H and O–H groups in total. The van der Waals surface area contributed by atoms with Gasteiger partial charge in [0.15, 0.2) is 0 Å². The highest BCUT2D eigenvalue weighted by atomic mass is 14.7. The first-order chi connectivity index (χ1) is 13.3. The molecule has 3 fully saturated rings. The summed E-state index contributed by atoms with van der Waals surface area (Å²) < 4.78 is 0. The number of nitrogens with two attached hydrogens (primary N) is 1. The molecule has 28 heavy (non-hydrogen) atoms. The summed E-state index contributed by atoms with van der Waals surface area (Å²) in [5, 5.41) is 0. The molecular weight excluding hydrogens is 338 g/mol. The van der Waals surface area contributed by atoms with Crippen molar-refractivity contribution in [2.75, 3.05) is 0 Å². The Hall–Kier alpha value is -0.300. The fraction of sp³-hybridized carbons (Fsp3) is 0.926. The summed E-state index contributed by atoms with van der Waals surface area (Å²) in [4.78, 5) is 0. The smallest absolute Gasteiger partial charge is 0.00766 e. The average molecular weight is 386 g/mol. The van der Waals surface area contributed by atoms with Crippen LogP contribution in [0, 0.1) is 46.3 Å². The molecule has 3 saturated carbocycles. The van der Waals surface area contributed by atoms with Crippen molar-refractivity contribution in [2.45, 2.75) is 111 Å². The Morgan fingerprint density at radius 2 is 1.79 bits per heavy atom. The largest absolute Gasteiger partial charge is 0.327 e. The molecule has 4 aliphatic carbocycles. The molecule has 160 valence electrons. The number of allylic oxidation sites excluding steroid dienone is 1. The molecule has 0 amide bonds. The number of hydrogen-bond donors (Lipinski definition) is 1. The maximum absolute atomic E-state index is 6.34. The number of rotatable bonds is 5. The fourth-order valence-electron chi connectivity index (χ4n) is 8.71. The van der Waals surface area contributed by atoms with E-state index >= 15 is 0 Å². The molecule has 0 bridgehead atoms. The SMILES string of the molecule is CC(C)CCC[C@@H](C)C1CCC2[C@@H]3CC=C4C[C@@H](N)CCC4(C)C3CCC21C. The van der Waals surface area contributed by atoms with Crippen molar-refractivity contribution in [1.29, 1.82) is 0 Å². The molecule has 0 aromatic carbocycles. The van der Waals surface area contributed by atoms with Crippen LogP contribution in [-0.2, 0) is 0 Å². The summed E-state index contributed by atoms with van der Waals surface area (Å²) in [5.41, 5.74) is 9.18. The van der Waals surface area contributed by atoms with Crippen molar-refractivity contribution in [1.82, 2.24) is 0 Å². The molecule has 1 nitrogen and oxygen atoms in total. The normalized spacial score (nSPS) is 46.5. The van der Waals surface area contributed by atoms with Crippen molar-refractivity contribution in [3.05, 3.63) is 11.6 Å². The van der Waals surface area contributed by atoms with Crippen LogP contribution in [0.2, 0.25) is 0 Å². The van der Waals surface area contributed by atoms with Gasteiger partial charge in [-0.2, -0.15) is 0 Å². The molecule has 4 rings (SSSR count). The molecule has 0 spiro atoms. The first-order valence-corrected chi connectivity index (χ1v) is 12.7. The van der Waals surface area contributed by atoms with Gasteiger partial charge in [0, 0.05) is 6.04 Å². The van der Waals surface area contributed by atoms with Crippen molar-refractivity contribution < 1.29 is 0 Å². The minimum absolute atomic E-state index is 0.423. The highest BCUT2D eigenvalue weighted by molar-refractivity contribution is 5.25. The average Bonchev–Trinajstić information content (AvgIpc) is 2.99. The van der Waals surface area contributed by atoms with Gasteiger partial charge < -0.3 is 5.73 Å². The van der Waals surface area contributed by atoms with Gasteiger partial charge in [0.25, 0.3) is 0 Å². The van der Waals surface area contributed by atoms with E-state index < -0.39 is 0 Å². The van der Waals surface area contributed by atoms with E-state index in [0.717, 1.165) is 35.5 Å². The van der Waals surface area contributed by atoms with E-state index in [1.165, 1.54) is 70.6 Å². The lowest BCUT2D eigenvalue weighted by Crippen LogP contribution is -2.51. The predicted octanol–water partition coefficient (Wildman–Crippen LogP) is 7.36. The van der Waals surface area contributed by atoms with Crippen molar-refractivity contribution in [3.8, 4) is 0 Å². The van der Waals surface area contributed by atoms with E-state index in [-0.39, 0.29) is 0 Å². The van der Waals surface area contributed by atoms with Crippen LogP contribution >= 0.6 is 0 Å². The van der Waals surface area contributed by atoms with Crippen LogP contribution in [0.3, 0.4) is 0 Å². The summed E-state index contributed by atoms with van der Waals surface area (Å²) in [6, 6.07) is 0.423. The molecule has 4 aliphatic rings. The number of hydrogen-bond acceptors (Lipinski definition) is 1. The van der Waals surface area contributed by atoms with Crippen molar-refractivity contribution >= 4 is 0 Å². The summed E-state index contributed by atoms with van der Waals surface area (Å²) in [6.07, 6.45) is 18.1. The molecule has 0 radical (unpaired) electrons. The molecule has 1 heteroatoms. The maximum Gasteiger partial charge on any atom is 0.00766 e. The van der Waals surface area contributed by atoms with Gasteiger partial charge in [0.05, 0.1) is 0 Å². The van der Waals surface area contributed by atoms with Gasteiger partial charge in [-0.1, -0.05) is 65.5 Å². The topological polar surface area (TPSA) is 26.0 Å².